The van der Waals surface area contributed by atoms with Crippen LogP contribution < -0.4 is 4.74 Å². The molecule has 1 unspecified atom stereocenters. The molecule has 0 bridgehead atoms. The molecule has 0 aliphatic carbocycles. The van der Waals surface area contributed by atoms with Crippen molar-refractivity contribution in [2.45, 2.75) is 6.42 Å². The molecule has 4 nitrogen and oxygen atoms in total. The molecule has 22 heavy (non-hydrogen) atoms. The molecule has 2 aromatic carbocycles. The zero-order chi connectivity index (χ0) is 15.7. The number of ether oxygens (including phenoxy) is 1. The maximum Gasteiger partial charge on any atom is 0.311 e. The molecule has 0 aromatic heterocycles. The van der Waals surface area contributed by atoms with Gasteiger partial charge in [-0.3, -0.25) is 4.79 Å². The third-order valence-corrected chi connectivity index (χ3v) is 5.77. The number of halogens is 1. The molecule has 0 spiro atoms. The minimum Gasteiger partial charge on any atom is -0.425 e. The number of carbonyl (C=O) groups is 1. The van der Waals surface area contributed by atoms with Crippen molar-refractivity contribution in [2.24, 2.45) is 5.92 Å². The van der Waals surface area contributed by atoms with E-state index in [-0.39, 0.29) is 18.1 Å². The summed E-state index contributed by atoms with van der Waals surface area (Å²) in [6, 6.07) is 11.4. The number of benzene rings is 2. The summed E-state index contributed by atoms with van der Waals surface area (Å²) in [5, 5.41) is 3.16. The molecule has 114 valence electrons. The maximum absolute atomic E-state index is 12.0. The molecule has 0 radical (unpaired) electrons. The van der Waals surface area contributed by atoms with E-state index in [4.69, 9.17) is 4.74 Å². The van der Waals surface area contributed by atoms with E-state index in [1.54, 1.807) is 12.1 Å². The van der Waals surface area contributed by atoms with Gasteiger partial charge in [-0.1, -0.05) is 36.4 Å². The molecular weight excluding hydrogens is 368 g/mol. The van der Waals surface area contributed by atoms with Crippen molar-refractivity contribution in [3.8, 4) is 5.75 Å². The highest BCUT2D eigenvalue weighted by atomic mass is 79.9. The summed E-state index contributed by atoms with van der Waals surface area (Å²) < 4.78 is 28.8. The number of hydrogen-bond acceptors (Lipinski definition) is 4. The first kappa shape index (κ1) is 15.2. The SMILES string of the molecule is O=C(CC1C=CS(=O)(=O)C1)Oc1ccc2ccccc2c1Br. The highest BCUT2D eigenvalue weighted by Gasteiger charge is 2.25. The van der Waals surface area contributed by atoms with E-state index >= 15 is 0 Å². The second-order valence-electron chi connectivity index (χ2n) is 5.20. The molecule has 1 aliphatic rings. The van der Waals surface area contributed by atoms with E-state index in [1.165, 1.54) is 0 Å². The summed E-state index contributed by atoms with van der Waals surface area (Å²) in [4.78, 5) is 12.0. The van der Waals surface area contributed by atoms with Crippen LogP contribution in [0.4, 0.5) is 0 Å². The largest absolute Gasteiger partial charge is 0.425 e. The fourth-order valence-corrected chi connectivity index (χ4v) is 4.41. The molecule has 1 atom stereocenters. The Bertz CT molecular complexity index is 871. The maximum atomic E-state index is 12.0. The van der Waals surface area contributed by atoms with Crippen LogP contribution in [0.1, 0.15) is 6.42 Å². The van der Waals surface area contributed by atoms with Crippen LogP contribution in [0.25, 0.3) is 10.8 Å². The van der Waals surface area contributed by atoms with Gasteiger partial charge in [0, 0.05) is 11.3 Å². The zero-order valence-corrected chi connectivity index (χ0v) is 13.9. The Balaban J connectivity index is 1.75. The highest BCUT2D eigenvalue weighted by Crippen LogP contribution is 2.33. The van der Waals surface area contributed by atoms with Gasteiger partial charge in [0.25, 0.3) is 0 Å². The first-order valence-corrected chi connectivity index (χ1v) is 9.24. The van der Waals surface area contributed by atoms with Gasteiger partial charge in [0.15, 0.2) is 9.84 Å². The standard InChI is InChI=1S/C16H13BrO4S/c17-16-13-4-2-1-3-12(13)5-6-14(16)21-15(18)9-11-7-8-22(19,20)10-11/h1-8,11H,9-10H2. The van der Waals surface area contributed by atoms with Crippen molar-refractivity contribution in [1.29, 1.82) is 0 Å². The second kappa shape index (κ2) is 5.85. The number of hydrogen-bond donors (Lipinski definition) is 0. The van der Waals surface area contributed by atoms with Gasteiger partial charge in [-0.15, -0.1) is 0 Å². The summed E-state index contributed by atoms with van der Waals surface area (Å²) >= 11 is 3.45. The molecule has 2 aromatic rings. The number of fused-ring (bicyclic) bond motifs is 1. The lowest BCUT2D eigenvalue weighted by atomic mass is 10.1. The fraction of sp³-hybridized carbons (Fsp3) is 0.188. The second-order valence-corrected chi connectivity index (χ2v) is 7.92. The van der Waals surface area contributed by atoms with E-state index < -0.39 is 15.8 Å². The van der Waals surface area contributed by atoms with Crippen molar-refractivity contribution in [3.05, 3.63) is 52.4 Å². The topological polar surface area (TPSA) is 60.4 Å². The van der Waals surface area contributed by atoms with Crippen molar-refractivity contribution in [2.75, 3.05) is 5.75 Å². The van der Waals surface area contributed by atoms with Crippen molar-refractivity contribution in [1.82, 2.24) is 0 Å². The van der Waals surface area contributed by atoms with E-state index in [2.05, 4.69) is 15.9 Å². The van der Waals surface area contributed by atoms with Gasteiger partial charge < -0.3 is 4.74 Å². The molecule has 0 amide bonds. The predicted octanol–water partition coefficient (Wildman–Crippen LogP) is 3.46. The molecule has 0 N–H and O–H groups in total. The van der Waals surface area contributed by atoms with E-state index in [1.807, 2.05) is 30.3 Å². The van der Waals surface area contributed by atoms with Crippen LogP contribution in [0.2, 0.25) is 0 Å². The molecule has 3 rings (SSSR count). The fourth-order valence-electron chi connectivity index (χ4n) is 2.44. The number of allylic oxidation sites excluding steroid dienone is 1. The van der Waals surface area contributed by atoms with Gasteiger partial charge >= 0.3 is 5.97 Å². The minimum atomic E-state index is -3.15. The molecular formula is C16H13BrO4S. The average molecular weight is 381 g/mol. The van der Waals surface area contributed by atoms with Crippen LogP contribution >= 0.6 is 15.9 Å². The zero-order valence-electron chi connectivity index (χ0n) is 11.5. The van der Waals surface area contributed by atoms with Crippen LogP contribution in [0.5, 0.6) is 5.75 Å². The van der Waals surface area contributed by atoms with Gasteiger partial charge in [0.2, 0.25) is 0 Å². The Hall–Kier alpha value is -1.66. The Labute approximate surface area is 136 Å². The van der Waals surface area contributed by atoms with Gasteiger partial charge in [-0.25, -0.2) is 8.42 Å². The third-order valence-electron chi connectivity index (χ3n) is 3.48. The lowest BCUT2D eigenvalue weighted by Gasteiger charge is -2.10. The number of esters is 1. The van der Waals surface area contributed by atoms with Crippen LogP contribution in [-0.4, -0.2) is 20.1 Å². The first-order valence-electron chi connectivity index (χ1n) is 6.73. The predicted molar refractivity (Wildman–Crippen MR) is 88.3 cm³/mol. The summed E-state index contributed by atoms with van der Waals surface area (Å²) in [5.41, 5.74) is 0. The normalized spacial score (nSPS) is 19.4. The van der Waals surface area contributed by atoms with Crippen LogP contribution in [0, 0.1) is 5.92 Å². The highest BCUT2D eigenvalue weighted by molar-refractivity contribution is 9.10. The molecule has 0 saturated carbocycles. The monoisotopic (exact) mass is 380 g/mol. The molecule has 1 aliphatic heterocycles. The van der Waals surface area contributed by atoms with E-state index in [0.29, 0.717) is 10.2 Å². The summed E-state index contributed by atoms with van der Waals surface area (Å²) in [7, 11) is -3.15. The van der Waals surface area contributed by atoms with Crippen LogP contribution in [0.3, 0.4) is 0 Å². The van der Waals surface area contributed by atoms with E-state index in [9.17, 15) is 13.2 Å². The van der Waals surface area contributed by atoms with Gasteiger partial charge in [0.05, 0.1) is 16.6 Å². The van der Waals surface area contributed by atoms with Gasteiger partial charge in [-0.05, 0) is 32.8 Å². The van der Waals surface area contributed by atoms with Crippen LogP contribution in [0.15, 0.2) is 52.4 Å². The Morgan fingerprint density at radius 3 is 2.73 bits per heavy atom. The summed E-state index contributed by atoms with van der Waals surface area (Å²) in [5.74, 6) is -0.339. The number of sulfone groups is 1. The third kappa shape index (κ3) is 3.23. The van der Waals surface area contributed by atoms with Gasteiger partial charge in [0.1, 0.15) is 5.75 Å². The quantitative estimate of drug-likeness (QED) is 0.604. The van der Waals surface area contributed by atoms with E-state index in [0.717, 1.165) is 16.2 Å². The van der Waals surface area contributed by atoms with Crippen molar-refractivity contribution in [3.63, 3.8) is 0 Å². The molecule has 0 fully saturated rings. The molecule has 6 heteroatoms. The van der Waals surface area contributed by atoms with Gasteiger partial charge in [-0.2, -0.15) is 0 Å². The van der Waals surface area contributed by atoms with Crippen LogP contribution in [-0.2, 0) is 14.6 Å². The average Bonchev–Trinajstić information content (AvgIpc) is 2.81. The Morgan fingerprint density at radius 2 is 2.00 bits per heavy atom. The molecule has 0 saturated heterocycles. The Kier molecular flexibility index (Phi) is 4.06. The number of rotatable bonds is 3. The molecule has 1 heterocycles. The summed E-state index contributed by atoms with van der Waals surface area (Å²) in [6.45, 7) is 0. The summed E-state index contributed by atoms with van der Waals surface area (Å²) in [6.07, 6.45) is 1.60. The first-order chi connectivity index (χ1) is 10.4. The van der Waals surface area contributed by atoms with Crippen molar-refractivity contribution >= 4 is 42.5 Å². The smallest absolute Gasteiger partial charge is 0.311 e. The van der Waals surface area contributed by atoms with Crippen molar-refractivity contribution < 1.29 is 17.9 Å². The minimum absolute atomic E-state index is 0.0268. The lowest BCUT2D eigenvalue weighted by Crippen LogP contribution is -2.15. The lowest BCUT2D eigenvalue weighted by molar-refractivity contribution is -0.134. The Morgan fingerprint density at radius 1 is 1.23 bits per heavy atom. The number of carbonyl (C=O) groups excluding carboxylic acids is 1.